The van der Waals surface area contributed by atoms with Gasteiger partial charge in [0.25, 0.3) is 0 Å². The molecule has 1 N–H and O–H groups in total. The minimum atomic E-state index is -0.258. The monoisotopic (exact) mass is 266 g/mol. The molecule has 3 nitrogen and oxygen atoms in total. The van der Waals surface area contributed by atoms with E-state index in [0.717, 1.165) is 38.3 Å². The predicted octanol–water partition coefficient (Wildman–Crippen LogP) is 2.23. The molecule has 0 spiro atoms. The van der Waals surface area contributed by atoms with Gasteiger partial charge in [0.15, 0.2) is 11.6 Å². The van der Waals surface area contributed by atoms with Crippen LogP contribution in [0.3, 0.4) is 0 Å². The standard InChI is InChI=1S/C15H23FN2O/c1-12(2)13-3-4-15(14(16)11-13)19-10-9-18-7-5-17-6-8-18/h3-4,11-12,17H,5-10H2,1-2H3. The third-order valence-corrected chi connectivity index (χ3v) is 3.50. The van der Waals surface area contributed by atoms with E-state index in [4.69, 9.17) is 4.74 Å². The molecule has 1 aliphatic heterocycles. The molecule has 1 aliphatic rings. The Morgan fingerprint density at radius 1 is 1.32 bits per heavy atom. The van der Waals surface area contributed by atoms with Crippen LogP contribution in [0.2, 0.25) is 0 Å². The van der Waals surface area contributed by atoms with E-state index >= 15 is 0 Å². The molecule has 2 rings (SSSR count). The van der Waals surface area contributed by atoms with Crippen LogP contribution in [0.5, 0.6) is 5.75 Å². The third-order valence-electron chi connectivity index (χ3n) is 3.50. The van der Waals surface area contributed by atoms with E-state index in [1.807, 2.05) is 6.07 Å². The van der Waals surface area contributed by atoms with Gasteiger partial charge < -0.3 is 10.1 Å². The molecular formula is C15H23FN2O. The first-order valence-corrected chi connectivity index (χ1v) is 7.02. The zero-order valence-corrected chi connectivity index (χ0v) is 11.8. The number of benzene rings is 1. The highest BCUT2D eigenvalue weighted by Crippen LogP contribution is 2.22. The van der Waals surface area contributed by atoms with Crippen molar-refractivity contribution in [1.29, 1.82) is 0 Å². The van der Waals surface area contributed by atoms with Crippen LogP contribution < -0.4 is 10.1 Å². The lowest BCUT2D eigenvalue weighted by Crippen LogP contribution is -2.44. The summed E-state index contributed by atoms with van der Waals surface area (Å²) in [6, 6.07) is 5.25. The molecule has 0 amide bonds. The molecule has 1 aromatic rings. The first-order valence-electron chi connectivity index (χ1n) is 7.02. The van der Waals surface area contributed by atoms with E-state index in [-0.39, 0.29) is 5.82 Å². The summed E-state index contributed by atoms with van der Waals surface area (Å²) in [6.45, 7) is 9.63. The maximum atomic E-state index is 13.8. The Morgan fingerprint density at radius 2 is 2.05 bits per heavy atom. The fourth-order valence-corrected chi connectivity index (χ4v) is 2.21. The molecule has 1 heterocycles. The van der Waals surface area contributed by atoms with Crippen LogP contribution in [0.25, 0.3) is 0 Å². The van der Waals surface area contributed by atoms with Crippen molar-refractivity contribution >= 4 is 0 Å². The van der Waals surface area contributed by atoms with Crippen LogP contribution >= 0.6 is 0 Å². The Labute approximate surface area is 114 Å². The van der Waals surface area contributed by atoms with Crippen LogP contribution in [0.15, 0.2) is 18.2 Å². The Morgan fingerprint density at radius 3 is 2.68 bits per heavy atom. The molecule has 1 fully saturated rings. The molecule has 0 saturated carbocycles. The molecule has 0 aromatic heterocycles. The van der Waals surface area contributed by atoms with Crippen LogP contribution in [0.1, 0.15) is 25.3 Å². The maximum Gasteiger partial charge on any atom is 0.165 e. The van der Waals surface area contributed by atoms with Gasteiger partial charge in [-0.3, -0.25) is 4.90 Å². The van der Waals surface area contributed by atoms with Gasteiger partial charge in [-0.2, -0.15) is 0 Å². The molecule has 0 aliphatic carbocycles. The lowest BCUT2D eigenvalue weighted by Gasteiger charge is -2.26. The van der Waals surface area contributed by atoms with Crippen molar-refractivity contribution in [3.8, 4) is 5.75 Å². The smallest absolute Gasteiger partial charge is 0.165 e. The number of piperazine rings is 1. The van der Waals surface area contributed by atoms with Crippen molar-refractivity contribution in [2.75, 3.05) is 39.3 Å². The van der Waals surface area contributed by atoms with Crippen LogP contribution in [-0.4, -0.2) is 44.2 Å². The number of hydrogen-bond donors (Lipinski definition) is 1. The zero-order chi connectivity index (χ0) is 13.7. The minimum Gasteiger partial charge on any atom is -0.489 e. The average molecular weight is 266 g/mol. The number of nitrogens with zero attached hydrogens (tertiary/aromatic N) is 1. The summed E-state index contributed by atoms with van der Waals surface area (Å²) >= 11 is 0. The number of nitrogens with one attached hydrogen (secondary N) is 1. The molecule has 0 unspecified atom stereocenters. The zero-order valence-electron chi connectivity index (χ0n) is 11.8. The first-order chi connectivity index (χ1) is 9.16. The Kier molecular flexibility index (Phi) is 5.16. The van der Waals surface area contributed by atoms with Gasteiger partial charge in [-0.15, -0.1) is 0 Å². The average Bonchev–Trinajstić information content (AvgIpc) is 2.41. The van der Waals surface area contributed by atoms with Gasteiger partial charge >= 0.3 is 0 Å². The molecule has 1 aromatic carbocycles. The lowest BCUT2D eigenvalue weighted by atomic mass is 10.0. The van der Waals surface area contributed by atoms with E-state index in [2.05, 4.69) is 24.1 Å². The summed E-state index contributed by atoms with van der Waals surface area (Å²) in [5.41, 5.74) is 1.01. The first kappa shape index (κ1) is 14.3. The second kappa shape index (κ2) is 6.87. The number of ether oxygens (including phenoxy) is 1. The van der Waals surface area contributed by atoms with Gasteiger partial charge in [-0.05, 0) is 23.6 Å². The van der Waals surface area contributed by atoms with Crippen LogP contribution in [0, 0.1) is 5.82 Å². The summed E-state index contributed by atoms with van der Waals surface area (Å²) in [6.07, 6.45) is 0. The maximum absolute atomic E-state index is 13.8. The van der Waals surface area contributed by atoms with Crippen LogP contribution in [-0.2, 0) is 0 Å². The fraction of sp³-hybridized carbons (Fsp3) is 0.600. The van der Waals surface area contributed by atoms with E-state index in [1.54, 1.807) is 12.1 Å². The Balaban J connectivity index is 1.82. The minimum absolute atomic E-state index is 0.258. The van der Waals surface area contributed by atoms with E-state index < -0.39 is 0 Å². The summed E-state index contributed by atoms with van der Waals surface area (Å²) in [5, 5.41) is 3.31. The molecule has 106 valence electrons. The summed E-state index contributed by atoms with van der Waals surface area (Å²) in [4.78, 5) is 2.33. The molecule has 1 saturated heterocycles. The highest BCUT2D eigenvalue weighted by atomic mass is 19.1. The van der Waals surface area contributed by atoms with Gasteiger partial charge in [0.05, 0.1) is 0 Å². The van der Waals surface area contributed by atoms with Crippen molar-refractivity contribution in [1.82, 2.24) is 10.2 Å². The van der Waals surface area contributed by atoms with E-state index in [1.165, 1.54) is 0 Å². The topological polar surface area (TPSA) is 24.5 Å². The van der Waals surface area contributed by atoms with Gasteiger partial charge in [0, 0.05) is 32.7 Å². The van der Waals surface area contributed by atoms with Gasteiger partial charge in [-0.1, -0.05) is 19.9 Å². The summed E-state index contributed by atoms with van der Waals surface area (Å²) in [5.74, 6) is 0.440. The van der Waals surface area contributed by atoms with Crippen molar-refractivity contribution in [2.45, 2.75) is 19.8 Å². The highest BCUT2D eigenvalue weighted by molar-refractivity contribution is 5.30. The van der Waals surface area contributed by atoms with Crippen molar-refractivity contribution < 1.29 is 9.13 Å². The molecule has 0 radical (unpaired) electrons. The van der Waals surface area contributed by atoms with Crippen molar-refractivity contribution in [2.24, 2.45) is 0 Å². The molecule has 0 atom stereocenters. The second-order valence-electron chi connectivity index (χ2n) is 5.28. The van der Waals surface area contributed by atoms with Crippen LogP contribution in [0.4, 0.5) is 4.39 Å². The quantitative estimate of drug-likeness (QED) is 0.884. The largest absolute Gasteiger partial charge is 0.489 e. The number of hydrogen-bond acceptors (Lipinski definition) is 3. The molecule has 4 heteroatoms. The molecule has 19 heavy (non-hydrogen) atoms. The van der Waals surface area contributed by atoms with Gasteiger partial charge in [0.1, 0.15) is 6.61 Å². The van der Waals surface area contributed by atoms with E-state index in [9.17, 15) is 4.39 Å². The predicted molar refractivity (Wildman–Crippen MR) is 75.3 cm³/mol. The fourth-order valence-electron chi connectivity index (χ4n) is 2.21. The van der Waals surface area contributed by atoms with Crippen molar-refractivity contribution in [3.63, 3.8) is 0 Å². The van der Waals surface area contributed by atoms with Gasteiger partial charge in [-0.25, -0.2) is 4.39 Å². The second-order valence-corrected chi connectivity index (χ2v) is 5.28. The number of rotatable bonds is 5. The summed E-state index contributed by atoms with van der Waals surface area (Å²) in [7, 11) is 0. The molecule has 0 bridgehead atoms. The van der Waals surface area contributed by atoms with Gasteiger partial charge in [0.2, 0.25) is 0 Å². The van der Waals surface area contributed by atoms with E-state index in [0.29, 0.717) is 18.3 Å². The third kappa shape index (κ3) is 4.18. The molecular weight excluding hydrogens is 243 g/mol. The SMILES string of the molecule is CC(C)c1ccc(OCCN2CCNCC2)c(F)c1. The number of halogens is 1. The van der Waals surface area contributed by atoms with Crippen molar-refractivity contribution in [3.05, 3.63) is 29.6 Å². The normalized spacial score (nSPS) is 16.8. The highest BCUT2D eigenvalue weighted by Gasteiger charge is 2.10. The summed E-state index contributed by atoms with van der Waals surface area (Å²) < 4.78 is 19.4. The Bertz CT molecular complexity index is 403. The Hall–Kier alpha value is -1.13. The lowest BCUT2D eigenvalue weighted by molar-refractivity contribution is 0.188.